The summed E-state index contributed by atoms with van der Waals surface area (Å²) in [5.74, 6) is -1.84. The number of rotatable bonds is 5. The lowest BCUT2D eigenvalue weighted by Crippen LogP contribution is -2.29. The van der Waals surface area contributed by atoms with Crippen LogP contribution < -0.4 is 0 Å². The van der Waals surface area contributed by atoms with Gasteiger partial charge in [0.25, 0.3) is 17.4 Å². The molecule has 2 aromatic rings. The van der Waals surface area contributed by atoms with Crippen molar-refractivity contribution in [3.63, 3.8) is 0 Å². The Balaban J connectivity index is 2.17. The molecule has 0 aliphatic carbocycles. The number of hydrogen-bond acceptors (Lipinski definition) is 5. The number of nitro benzene ring substituents is 1. The van der Waals surface area contributed by atoms with E-state index in [9.17, 15) is 24.8 Å². The topological polar surface area (TPSA) is 101 Å². The number of aliphatic hydroxyl groups excluding tert-OH is 1. The van der Waals surface area contributed by atoms with Crippen molar-refractivity contribution in [2.75, 3.05) is 6.54 Å². The lowest BCUT2D eigenvalue weighted by molar-refractivity contribution is -0.384. The minimum atomic E-state index is -0.861. The third-order valence-corrected chi connectivity index (χ3v) is 4.61. The lowest BCUT2D eigenvalue weighted by Gasteiger charge is -2.24. The summed E-state index contributed by atoms with van der Waals surface area (Å²) >= 11 is 0. The van der Waals surface area contributed by atoms with Crippen molar-refractivity contribution in [1.82, 2.24) is 4.90 Å². The van der Waals surface area contributed by atoms with E-state index in [1.165, 1.54) is 35.2 Å². The molecule has 0 bridgehead atoms. The predicted molar refractivity (Wildman–Crippen MR) is 103 cm³/mol. The van der Waals surface area contributed by atoms with Crippen LogP contribution >= 0.6 is 0 Å². The van der Waals surface area contributed by atoms with Crippen LogP contribution in [0, 0.1) is 17.0 Å². The fourth-order valence-corrected chi connectivity index (χ4v) is 3.20. The van der Waals surface area contributed by atoms with Crippen LogP contribution in [0.2, 0.25) is 0 Å². The molecule has 1 unspecified atom stereocenters. The third-order valence-electron chi connectivity index (χ3n) is 4.61. The summed E-state index contributed by atoms with van der Waals surface area (Å²) in [7, 11) is 0. The molecule has 1 N–H and O–H groups in total. The van der Waals surface area contributed by atoms with Crippen LogP contribution in [-0.2, 0) is 9.59 Å². The molecule has 1 amide bonds. The number of ketones is 1. The van der Waals surface area contributed by atoms with E-state index in [1.807, 2.05) is 6.92 Å². The number of amides is 1. The average Bonchev–Trinajstić information content (AvgIpc) is 2.93. The number of hydrogen-bond donors (Lipinski definition) is 1. The number of likely N-dealkylation sites (tertiary alicyclic amines) is 1. The molecule has 0 aromatic heterocycles. The molecular weight excluding hydrogens is 360 g/mol. The van der Waals surface area contributed by atoms with Crippen LogP contribution in [0.25, 0.3) is 5.76 Å². The highest BCUT2D eigenvalue weighted by atomic mass is 16.6. The Morgan fingerprint density at radius 2 is 1.79 bits per heavy atom. The molecule has 1 saturated heterocycles. The maximum atomic E-state index is 12.7. The summed E-state index contributed by atoms with van der Waals surface area (Å²) < 4.78 is 0. The molecule has 142 valence electrons. The van der Waals surface area contributed by atoms with Gasteiger partial charge in [-0.05, 0) is 24.6 Å². The second kappa shape index (κ2) is 7.48. The van der Waals surface area contributed by atoms with Crippen molar-refractivity contribution in [1.29, 1.82) is 0 Å². The molecule has 0 radical (unpaired) electrons. The maximum Gasteiger partial charge on any atom is 0.295 e. The number of non-ortho nitro benzene ring substituents is 1. The SMILES string of the molecule is C=CCN1C(=O)C(=O)C(=C(O)c2ccc(C)cc2)C1c1ccc([N+](=O)[O-])cc1. The summed E-state index contributed by atoms with van der Waals surface area (Å²) in [6, 6.07) is 11.6. The van der Waals surface area contributed by atoms with E-state index in [4.69, 9.17) is 0 Å². The summed E-state index contributed by atoms with van der Waals surface area (Å²) in [4.78, 5) is 36.9. The third kappa shape index (κ3) is 3.29. The van der Waals surface area contributed by atoms with Crippen LogP contribution in [0.15, 0.2) is 66.8 Å². The Hall–Kier alpha value is -3.74. The largest absolute Gasteiger partial charge is 0.507 e. The van der Waals surface area contributed by atoms with Gasteiger partial charge in [-0.1, -0.05) is 35.9 Å². The van der Waals surface area contributed by atoms with Crippen molar-refractivity contribution in [2.24, 2.45) is 0 Å². The van der Waals surface area contributed by atoms with Gasteiger partial charge in [-0.2, -0.15) is 0 Å². The van der Waals surface area contributed by atoms with Gasteiger partial charge in [0, 0.05) is 24.2 Å². The Bertz CT molecular complexity index is 990. The first-order chi connectivity index (χ1) is 13.3. The summed E-state index contributed by atoms with van der Waals surface area (Å²) in [5.41, 5.74) is 1.72. The Kier molecular flexibility index (Phi) is 5.08. The number of aryl methyl sites for hydroxylation is 1. The predicted octanol–water partition coefficient (Wildman–Crippen LogP) is 3.51. The van der Waals surface area contributed by atoms with Gasteiger partial charge in [-0.15, -0.1) is 6.58 Å². The monoisotopic (exact) mass is 378 g/mol. The van der Waals surface area contributed by atoms with Gasteiger partial charge in [0.15, 0.2) is 0 Å². The number of Topliss-reactive ketones (excluding diaryl/α,β-unsaturated/α-hetero) is 1. The highest BCUT2D eigenvalue weighted by Crippen LogP contribution is 2.39. The van der Waals surface area contributed by atoms with Crippen molar-refractivity contribution in [3.05, 3.63) is 93.6 Å². The first-order valence-corrected chi connectivity index (χ1v) is 8.56. The van der Waals surface area contributed by atoms with Gasteiger partial charge in [-0.25, -0.2) is 0 Å². The normalized spacial score (nSPS) is 18.3. The highest BCUT2D eigenvalue weighted by molar-refractivity contribution is 6.46. The molecule has 1 atom stereocenters. The first-order valence-electron chi connectivity index (χ1n) is 8.56. The number of carbonyl (C=O) groups excluding carboxylic acids is 2. The highest BCUT2D eigenvalue weighted by Gasteiger charge is 2.45. The molecule has 7 nitrogen and oxygen atoms in total. The van der Waals surface area contributed by atoms with Crippen molar-refractivity contribution < 1.29 is 19.6 Å². The van der Waals surface area contributed by atoms with E-state index >= 15 is 0 Å². The molecule has 1 heterocycles. The van der Waals surface area contributed by atoms with Gasteiger partial charge in [0.2, 0.25) is 0 Å². The average molecular weight is 378 g/mol. The molecule has 7 heteroatoms. The molecule has 3 rings (SSSR count). The molecule has 1 aliphatic rings. The second-order valence-electron chi connectivity index (χ2n) is 6.45. The van der Waals surface area contributed by atoms with Gasteiger partial charge < -0.3 is 10.0 Å². The zero-order chi connectivity index (χ0) is 20.4. The molecule has 1 fully saturated rings. The van der Waals surface area contributed by atoms with Gasteiger partial charge in [-0.3, -0.25) is 19.7 Å². The number of aliphatic hydroxyl groups is 1. The first kappa shape index (κ1) is 19.0. The van der Waals surface area contributed by atoms with Crippen LogP contribution in [0.5, 0.6) is 0 Å². The minimum Gasteiger partial charge on any atom is -0.507 e. The molecule has 2 aromatic carbocycles. The van der Waals surface area contributed by atoms with Crippen LogP contribution in [-0.4, -0.2) is 33.2 Å². The summed E-state index contributed by atoms with van der Waals surface area (Å²) in [6.07, 6.45) is 1.48. The van der Waals surface area contributed by atoms with E-state index in [1.54, 1.807) is 24.3 Å². The summed E-state index contributed by atoms with van der Waals surface area (Å²) in [5, 5.41) is 21.7. The number of carbonyl (C=O) groups is 2. The Morgan fingerprint density at radius 1 is 1.18 bits per heavy atom. The second-order valence-corrected chi connectivity index (χ2v) is 6.45. The molecular formula is C21H18N2O5. The van der Waals surface area contributed by atoms with Crippen LogP contribution in [0.1, 0.15) is 22.7 Å². The van der Waals surface area contributed by atoms with E-state index in [0.717, 1.165) is 5.56 Å². The number of nitro groups is 1. The fraction of sp³-hybridized carbons (Fsp3) is 0.143. The Morgan fingerprint density at radius 3 is 2.32 bits per heavy atom. The summed E-state index contributed by atoms with van der Waals surface area (Å²) in [6.45, 7) is 5.60. The fourth-order valence-electron chi connectivity index (χ4n) is 3.20. The standard InChI is InChI=1S/C21H18N2O5/c1-3-12-22-18(14-8-10-16(11-9-14)23(27)28)17(20(25)21(22)26)19(24)15-6-4-13(2)5-7-15/h3-11,18,24H,1,12H2,2H3. The van der Waals surface area contributed by atoms with Crippen molar-refractivity contribution in [2.45, 2.75) is 13.0 Å². The smallest absolute Gasteiger partial charge is 0.295 e. The number of nitrogens with zero attached hydrogens (tertiary/aromatic N) is 2. The maximum absolute atomic E-state index is 12.7. The van der Waals surface area contributed by atoms with Crippen LogP contribution in [0.3, 0.4) is 0 Å². The molecule has 0 saturated carbocycles. The van der Waals surface area contributed by atoms with Crippen molar-refractivity contribution in [3.8, 4) is 0 Å². The van der Waals surface area contributed by atoms with E-state index in [2.05, 4.69) is 6.58 Å². The minimum absolute atomic E-state index is 0.0513. The van der Waals surface area contributed by atoms with Gasteiger partial charge >= 0.3 is 0 Å². The van der Waals surface area contributed by atoms with E-state index in [-0.39, 0.29) is 23.6 Å². The zero-order valence-electron chi connectivity index (χ0n) is 15.2. The zero-order valence-corrected chi connectivity index (χ0v) is 15.2. The van der Waals surface area contributed by atoms with Gasteiger partial charge in [0.1, 0.15) is 5.76 Å². The molecule has 0 spiro atoms. The van der Waals surface area contributed by atoms with Gasteiger partial charge in [0.05, 0.1) is 16.5 Å². The lowest BCUT2D eigenvalue weighted by atomic mass is 9.95. The quantitative estimate of drug-likeness (QED) is 0.214. The number of benzene rings is 2. The van der Waals surface area contributed by atoms with E-state index in [0.29, 0.717) is 11.1 Å². The van der Waals surface area contributed by atoms with E-state index < -0.39 is 22.7 Å². The van der Waals surface area contributed by atoms with Crippen LogP contribution in [0.4, 0.5) is 5.69 Å². The Labute approximate surface area is 161 Å². The molecule has 28 heavy (non-hydrogen) atoms. The molecule has 1 aliphatic heterocycles. The van der Waals surface area contributed by atoms with Crippen molar-refractivity contribution >= 4 is 23.1 Å².